The second kappa shape index (κ2) is 8.85. The Morgan fingerprint density at radius 1 is 1.23 bits per heavy atom. The fraction of sp³-hybridized carbons (Fsp3) is 0.238. The van der Waals surface area contributed by atoms with Gasteiger partial charge in [0.15, 0.2) is 10.3 Å². The van der Waals surface area contributed by atoms with Crippen LogP contribution >= 0.6 is 23.1 Å². The summed E-state index contributed by atoms with van der Waals surface area (Å²) in [6.07, 6.45) is 0.893. The zero-order chi connectivity index (χ0) is 21.1. The van der Waals surface area contributed by atoms with E-state index in [4.69, 9.17) is 5.73 Å². The maximum Gasteiger partial charge on any atom is 0.249 e. The highest BCUT2D eigenvalue weighted by molar-refractivity contribution is 7.99. The summed E-state index contributed by atoms with van der Waals surface area (Å²) in [7, 11) is 0. The zero-order valence-corrected chi connectivity index (χ0v) is 18.3. The number of benzene rings is 2. The van der Waals surface area contributed by atoms with Crippen LogP contribution in [0.3, 0.4) is 0 Å². The first-order valence-corrected chi connectivity index (χ1v) is 11.4. The van der Waals surface area contributed by atoms with Crippen LogP contribution in [0.25, 0.3) is 10.2 Å². The number of anilines is 2. The van der Waals surface area contributed by atoms with E-state index in [-0.39, 0.29) is 11.9 Å². The molecule has 154 valence electrons. The van der Waals surface area contributed by atoms with Gasteiger partial charge in [-0.1, -0.05) is 59.5 Å². The van der Waals surface area contributed by atoms with E-state index in [9.17, 15) is 4.79 Å². The number of nitrogens with two attached hydrogens (primary N) is 1. The van der Waals surface area contributed by atoms with Gasteiger partial charge in [0.25, 0.3) is 0 Å². The number of aromatic nitrogens is 4. The molecular weight excluding hydrogens is 416 g/mol. The van der Waals surface area contributed by atoms with Crippen molar-refractivity contribution >= 4 is 50.3 Å². The first-order chi connectivity index (χ1) is 14.5. The smallest absolute Gasteiger partial charge is 0.249 e. The van der Waals surface area contributed by atoms with Crippen LogP contribution in [0.15, 0.2) is 53.7 Å². The fourth-order valence-electron chi connectivity index (χ4n) is 3.07. The third-order valence-electron chi connectivity index (χ3n) is 4.70. The maximum atomic E-state index is 12.9. The van der Waals surface area contributed by atoms with E-state index in [2.05, 4.69) is 38.7 Å². The molecule has 1 unspecified atom stereocenters. The quantitative estimate of drug-likeness (QED) is 0.417. The van der Waals surface area contributed by atoms with Crippen molar-refractivity contribution in [2.45, 2.75) is 31.5 Å². The minimum absolute atomic E-state index is 0.206. The standard InChI is InChI=1S/C21H22N6OS2/c1-13-8-9-16-17(12-13)30-20(23-16)24-18(28)14(2)27-19(22)25-26-21(27)29-11-10-15-6-4-3-5-7-15/h3-9,12,14H,10-11H2,1-2H3,(H2,22,25)(H,23,24,28). The van der Waals surface area contributed by atoms with Crippen LogP contribution in [0.5, 0.6) is 0 Å². The van der Waals surface area contributed by atoms with Gasteiger partial charge in [-0.2, -0.15) is 0 Å². The molecule has 0 aliphatic heterocycles. The first-order valence-electron chi connectivity index (χ1n) is 9.56. The van der Waals surface area contributed by atoms with E-state index in [1.165, 1.54) is 28.7 Å². The van der Waals surface area contributed by atoms with E-state index in [1.54, 1.807) is 11.5 Å². The Hall–Kier alpha value is -2.91. The lowest BCUT2D eigenvalue weighted by Crippen LogP contribution is -2.25. The number of thioether (sulfide) groups is 1. The molecule has 0 bridgehead atoms. The second-order valence-electron chi connectivity index (χ2n) is 6.95. The van der Waals surface area contributed by atoms with Gasteiger partial charge in [-0.05, 0) is 43.5 Å². The van der Waals surface area contributed by atoms with Gasteiger partial charge in [-0.3, -0.25) is 9.36 Å². The van der Waals surface area contributed by atoms with Crippen LogP contribution in [0.4, 0.5) is 11.1 Å². The number of nitrogens with one attached hydrogen (secondary N) is 1. The predicted molar refractivity (Wildman–Crippen MR) is 123 cm³/mol. The van der Waals surface area contributed by atoms with Gasteiger partial charge in [-0.25, -0.2) is 4.98 Å². The molecule has 2 heterocycles. The number of carbonyl (C=O) groups is 1. The van der Waals surface area contributed by atoms with Crippen molar-refractivity contribution in [3.8, 4) is 0 Å². The normalized spacial score (nSPS) is 12.2. The Kier molecular flexibility index (Phi) is 6.01. The molecule has 0 aliphatic carbocycles. The summed E-state index contributed by atoms with van der Waals surface area (Å²) in [5.74, 6) is 0.829. The summed E-state index contributed by atoms with van der Waals surface area (Å²) in [5.41, 5.74) is 9.30. The molecule has 4 aromatic rings. The molecule has 0 spiro atoms. The third kappa shape index (κ3) is 4.47. The minimum atomic E-state index is -0.562. The Morgan fingerprint density at radius 3 is 2.83 bits per heavy atom. The van der Waals surface area contributed by atoms with E-state index in [1.807, 2.05) is 37.3 Å². The molecule has 0 aliphatic rings. The summed E-state index contributed by atoms with van der Waals surface area (Å²) < 4.78 is 2.71. The van der Waals surface area contributed by atoms with E-state index in [0.717, 1.165) is 28.0 Å². The zero-order valence-electron chi connectivity index (χ0n) is 16.7. The van der Waals surface area contributed by atoms with Crippen molar-refractivity contribution in [3.05, 3.63) is 59.7 Å². The topological polar surface area (TPSA) is 98.7 Å². The molecular formula is C21H22N6OS2. The van der Waals surface area contributed by atoms with E-state index < -0.39 is 6.04 Å². The fourth-order valence-corrected chi connectivity index (χ4v) is 5.04. The molecule has 0 saturated heterocycles. The number of thiazole rings is 1. The van der Waals surface area contributed by atoms with Crippen LogP contribution in [0, 0.1) is 6.92 Å². The van der Waals surface area contributed by atoms with Gasteiger partial charge in [0.1, 0.15) is 6.04 Å². The largest absolute Gasteiger partial charge is 0.368 e. The summed E-state index contributed by atoms with van der Waals surface area (Å²) in [4.78, 5) is 17.4. The van der Waals surface area contributed by atoms with Crippen LogP contribution in [0.2, 0.25) is 0 Å². The second-order valence-corrected chi connectivity index (χ2v) is 9.04. The van der Waals surface area contributed by atoms with Crippen LogP contribution < -0.4 is 11.1 Å². The van der Waals surface area contributed by atoms with Crippen molar-refractivity contribution in [2.75, 3.05) is 16.8 Å². The molecule has 1 atom stereocenters. The SMILES string of the molecule is Cc1ccc2nc(NC(=O)C(C)n3c(N)nnc3SCCc3ccccc3)sc2c1. The molecule has 30 heavy (non-hydrogen) atoms. The number of nitrogen functional groups attached to an aromatic ring is 1. The monoisotopic (exact) mass is 438 g/mol. The highest BCUT2D eigenvalue weighted by atomic mass is 32.2. The third-order valence-corrected chi connectivity index (χ3v) is 6.57. The predicted octanol–water partition coefficient (Wildman–Crippen LogP) is 4.31. The average molecular weight is 439 g/mol. The number of hydrogen-bond acceptors (Lipinski definition) is 7. The van der Waals surface area contributed by atoms with Crippen LogP contribution in [0.1, 0.15) is 24.1 Å². The molecule has 2 aromatic heterocycles. The van der Waals surface area contributed by atoms with E-state index in [0.29, 0.717) is 10.3 Å². The Labute approximate surface area is 182 Å². The van der Waals surface area contributed by atoms with Crippen LogP contribution in [-0.4, -0.2) is 31.4 Å². The highest BCUT2D eigenvalue weighted by Gasteiger charge is 2.23. The Morgan fingerprint density at radius 2 is 2.03 bits per heavy atom. The molecule has 4 rings (SSSR count). The maximum absolute atomic E-state index is 12.9. The van der Waals surface area contributed by atoms with Gasteiger partial charge in [0.05, 0.1) is 10.2 Å². The molecule has 0 fully saturated rings. The van der Waals surface area contributed by atoms with Gasteiger partial charge >= 0.3 is 0 Å². The van der Waals surface area contributed by atoms with Crippen molar-refractivity contribution in [1.29, 1.82) is 0 Å². The molecule has 9 heteroatoms. The number of rotatable bonds is 7. The molecule has 1 amide bonds. The lowest BCUT2D eigenvalue weighted by molar-refractivity contribution is -0.118. The van der Waals surface area contributed by atoms with Crippen LogP contribution in [-0.2, 0) is 11.2 Å². The molecule has 3 N–H and O–H groups in total. The molecule has 2 aromatic carbocycles. The molecule has 0 saturated carbocycles. The number of nitrogens with zero attached hydrogens (tertiary/aromatic N) is 4. The lowest BCUT2D eigenvalue weighted by Gasteiger charge is -2.15. The molecule has 0 radical (unpaired) electrons. The van der Waals surface area contributed by atoms with Gasteiger partial charge < -0.3 is 11.1 Å². The van der Waals surface area contributed by atoms with Gasteiger partial charge in [-0.15, -0.1) is 10.2 Å². The Bertz CT molecular complexity index is 1170. The summed E-state index contributed by atoms with van der Waals surface area (Å²) >= 11 is 2.99. The van der Waals surface area contributed by atoms with Crippen molar-refractivity contribution in [2.24, 2.45) is 0 Å². The Balaban J connectivity index is 1.44. The molecule has 7 nitrogen and oxygen atoms in total. The first kappa shape index (κ1) is 20.4. The minimum Gasteiger partial charge on any atom is -0.368 e. The van der Waals surface area contributed by atoms with Crippen molar-refractivity contribution in [3.63, 3.8) is 0 Å². The van der Waals surface area contributed by atoms with Gasteiger partial charge in [0.2, 0.25) is 11.9 Å². The average Bonchev–Trinajstić information content (AvgIpc) is 3.30. The lowest BCUT2D eigenvalue weighted by atomic mass is 10.2. The number of fused-ring (bicyclic) bond motifs is 1. The number of hydrogen-bond donors (Lipinski definition) is 2. The van der Waals surface area contributed by atoms with Crippen molar-refractivity contribution in [1.82, 2.24) is 19.7 Å². The van der Waals surface area contributed by atoms with Gasteiger partial charge in [0, 0.05) is 5.75 Å². The highest BCUT2D eigenvalue weighted by Crippen LogP contribution is 2.28. The number of carbonyl (C=O) groups excluding carboxylic acids is 1. The number of aryl methyl sites for hydroxylation is 2. The van der Waals surface area contributed by atoms with E-state index >= 15 is 0 Å². The number of amides is 1. The van der Waals surface area contributed by atoms with Crippen molar-refractivity contribution < 1.29 is 4.79 Å². The summed E-state index contributed by atoms with van der Waals surface area (Å²) in [5, 5.41) is 12.2. The summed E-state index contributed by atoms with van der Waals surface area (Å²) in [6.45, 7) is 3.82. The summed E-state index contributed by atoms with van der Waals surface area (Å²) in [6, 6.07) is 15.7.